The van der Waals surface area contributed by atoms with Crippen molar-refractivity contribution >= 4 is 5.91 Å². The lowest BCUT2D eigenvalue weighted by atomic mass is 10.1. The lowest BCUT2D eigenvalue weighted by molar-refractivity contribution is -0.137. The van der Waals surface area contributed by atoms with E-state index < -0.39 is 0 Å². The van der Waals surface area contributed by atoms with Gasteiger partial charge in [0.05, 0.1) is 19.1 Å². The maximum absolute atomic E-state index is 12.4. The highest BCUT2D eigenvalue weighted by Crippen LogP contribution is 2.09. The molecule has 1 amide bonds. The predicted molar refractivity (Wildman–Crippen MR) is 76.3 cm³/mol. The van der Waals surface area contributed by atoms with Crippen molar-refractivity contribution in [3.63, 3.8) is 0 Å². The van der Waals surface area contributed by atoms with Crippen molar-refractivity contribution in [3.05, 3.63) is 18.5 Å². The van der Waals surface area contributed by atoms with Gasteiger partial charge in [0.25, 0.3) is 0 Å². The Hall–Kier alpha value is -1.40. The van der Waals surface area contributed by atoms with E-state index >= 15 is 0 Å². The molecule has 1 saturated heterocycles. The Balaban J connectivity index is 1.76. The van der Waals surface area contributed by atoms with Gasteiger partial charge in [0.15, 0.2) is 0 Å². The Labute approximate surface area is 120 Å². The van der Waals surface area contributed by atoms with Crippen molar-refractivity contribution in [2.75, 3.05) is 46.4 Å². The Morgan fingerprint density at radius 1 is 1.35 bits per heavy atom. The molecule has 2 rings (SSSR count). The predicted octanol–water partition coefficient (Wildman–Crippen LogP) is 0.310. The summed E-state index contributed by atoms with van der Waals surface area (Å²) in [6, 6.07) is 1.88. The highest BCUT2D eigenvalue weighted by Gasteiger charge is 2.24. The van der Waals surface area contributed by atoms with Gasteiger partial charge in [-0.2, -0.15) is 5.10 Å². The fourth-order valence-electron chi connectivity index (χ4n) is 2.49. The van der Waals surface area contributed by atoms with Gasteiger partial charge in [0.2, 0.25) is 5.91 Å². The van der Waals surface area contributed by atoms with Gasteiger partial charge < -0.3 is 9.64 Å². The van der Waals surface area contributed by atoms with Crippen molar-refractivity contribution < 1.29 is 9.53 Å². The van der Waals surface area contributed by atoms with Crippen LogP contribution in [-0.2, 0) is 16.1 Å². The van der Waals surface area contributed by atoms with E-state index in [9.17, 15) is 4.79 Å². The molecule has 0 N–H and O–H groups in total. The molecule has 0 saturated carbocycles. The highest BCUT2D eigenvalue weighted by molar-refractivity contribution is 5.78. The number of carbonyl (C=O) groups is 1. The van der Waals surface area contributed by atoms with Crippen LogP contribution in [0.15, 0.2) is 18.5 Å². The van der Waals surface area contributed by atoms with Gasteiger partial charge in [-0.1, -0.05) is 6.92 Å². The Morgan fingerprint density at radius 2 is 2.10 bits per heavy atom. The smallest absolute Gasteiger partial charge is 0.227 e. The summed E-state index contributed by atoms with van der Waals surface area (Å²) in [5.74, 6) is 0.201. The first-order chi connectivity index (χ1) is 9.70. The minimum absolute atomic E-state index is 0.0274. The van der Waals surface area contributed by atoms with Crippen LogP contribution in [-0.4, -0.2) is 71.9 Å². The van der Waals surface area contributed by atoms with Crippen molar-refractivity contribution in [2.45, 2.75) is 13.5 Å². The molecule has 20 heavy (non-hydrogen) atoms. The van der Waals surface area contributed by atoms with Gasteiger partial charge >= 0.3 is 0 Å². The van der Waals surface area contributed by atoms with Crippen LogP contribution in [0.3, 0.4) is 0 Å². The molecule has 6 nitrogen and oxygen atoms in total. The Morgan fingerprint density at radius 3 is 2.70 bits per heavy atom. The molecule has 1 aromatic heterocycles. The largest absolute Gasteiger partial charge is 0.383 e. The second-order valence-electron chi connectivity index (χ2n) is 5.29. The van der Waals surface area contributed by atoms with Crippen molar-refractivity contribution in [2.24, 2.45) is 5.92 Å². The average Bonchev–Trinajstić information content (AvgIpc) is 2.97. The molecule has 0 spiro atoms. The molecule has 112 valence electrons. The first-order valence-corrected chi connectivity index (χ1v) is 7.18. The number of amides is 1. The van der Waals surface area contributed by atoms with Crippen molar-refractivity contribution in [3.8, 4) is 0 Å². The van der Waals surface area contributed by atoms with E-state index in [0.717, 1.165) is 39.3 Å². The maximum atomic E-state index is 12.4. The van der Waals surface area contributed by atoms with E-state index in [1.807, 2.05) is 28.8 Å². The third-order valence-corrected chi connectivity index (χ3v) is 3.74. The molecule has 1 aliphatic heterocycles. The molecule has 0 aromatic carbocycles. The van der Waals surface area contributed by atoms with Crippen LogP contribution in [0.1, 0.15) is 6.92 Å². The normalized spacial score (nSPS) is 18.2. The Bertz CT molecular complexity index is 399. The number of aromatic nitrogens is 2. The third kappa shape index (κ3) is 4.05. The second-order valence-corrected chi connectivity index (χ2v) is 5.29. The number of piperazine rings is 1. The van der Waals surface area contributed by atoms with Gasteiger partial charge in [0.1, 0.15) is 0 Å². The molecule has 1 atom stereocenters. The number of carbonyl (C=O) groups excluding carboxylic acids is 1. The summed E-state index contributed by atoms with van der Waals surface area (Å²) in [5, 5.41) is 4.15. The zero-order chi connectivity index (χ0) is 14.4. The topological polar surface area (TPSA) is 50.6 Å². The third-order valence-electron chi connectivity index (χ3n) is 3.74. The van der Waals surface area contributed by atoms with Gasteiger partial charge in [-0.25, -0.2) is 0 Å². The molecule has 6 heteroatoms. The molecule has 1 unspecified atom stereocenters. The minimum Gasteiger partial charge on any atom is -0.383 e. The van der Waals surface area contributed by atoms with E-state index in [4.69, 9.17) is 4.74 Å². The average molecular weight is 280 g/mol. The number of hydrogen-bond acceptors (Lipinski definition) is 4. The maximum Gasteiger partial charge on any atom is 0.227 e. The molecule has 2 heterocycles. The molecule has 1 fully saturated rings. The van der Waals surface area contributed by atoms with Crippen molar-refractivity contribution in [1.29, 1.82) is 0 Å². The zero-order valence-electron chi connectivity index (χ0n) is 12.4. The minimum atomic E-state index is -0.0274. The summed E-state index contributed by atoms with van der Waals surface area (Å²) in [5.41, 5.74) is 0. The van der Waals surface area contributed by atoms with Crippen LogP contribution in [0, 0.1) is 5.92 Å². The summed E-state index contributed by atoms with van der Waals surface area (Å²) in [6.45, 7) is 7.81. The number of ether oxygens (including phenoxy) is 1. The lowest BCUT2D eigenvalue weighted by Gasteiger charge is -2.35. The van der Waals surface area contributed by atoms with Gasteiger partial charge in [0, 0.05) is 52.2 Å². The monoisotopic (exact) mass is 280 g/mol. The first kappa shape index (κ1) is 15.0. The van der Waals surface area contributed by atoms with E-state index in [-0.39, 0.29) is 11.8 Å². The zero-order valence-corrected chi connectivity index (χ0v) is 12.4. The van der Waals surface area contributed by atoms with Crippen LogP contribution in [0.2, 0.25) is 0 Å². The van der Waals surface area contributed by atoms with E-state index in [2.05, 4.69) is 10.00 Å². The standard InChI is InChI=1S/C14H24N4O2/c1-13(12-18-5-3-4-15-18)14(19)17-8-6-16(7-9-17)10-11-20-2/h3-5,13H,6-12H2,1-2H3. The van der Waals surface area contributed by atoms with Crippen LogP contribution in [0.4, 0.5) is 0 Å². The van der Waals surface area contributed by atoms with Gasteiger partial charge in [-0.05, 0) is 6.07 Å². The molecular weight excluding hydrogens is 256 g/mol. The van der Waals surface area contributed by atoms with Crippen molar-refractivity contribution in [1.82, 2.24) is 19.6 Å². The summed E-state index contributed by atoms with van der Waals surface area (Å²) in [6.07, 6.45) is 3.64. The fraction of sp³-hybridized carbons (Fsp3) is 0.714. The number of rotatable bonds is 6. The summed E-state index contributed by atoms with van der Waals surface area (Å²) < 4.78 is 6.90. The van der Waals surface area contributed by atoms with E-state index in [1.54, 1.807) is 13.3 Å². The molecule has 0 bridgehead atoms. The fourth-order valence-corrected chi connectivity index (χ4v) is 2.49. The summed E-state index contributed by atoms with van der Waals surface area (Å²) >= 11 is 0. The molecule has 0 radical (unpaired) electrons. The number of nitrogens with zero attached hydrogens (tertiary/aromatic N) is 4. The summed E-state index contributed by atoms with van der Waals surface area (Å²) in [4.78, 5) is 16.7. The van der Waals surface area contributed by atoms with Crippen LogP contribution < -0.4 is 0 Å². The van der Waals surface area contributed by atoms with Crippen LogP contribution >= 0.6 is 0 Å². The Kier molecular flexibility index (Phi) is 5.55. The van der Waals surface area contributed by atoms with Gasteiger partial charge in [-0.3, -0.25) is 14.4 Å². The molecular formula is C14H24N4O2. The number of methoxy groups -OCH3 is 1. The highest BCUT2D eigenvalue weighted by atomic mass is 16.5. The molecule has 1 aliphatic rings. The SMILES string of the molecule is COCCN1CCN(C(=O)C(C)Cn2cccn2)CC1. The van der Waals surface area contributed by atoms with E-state index in [0.29, 0.717) is 6.54 Å². The molecule has 0 aliphatic carbocycles. The number of hydrogen-bond donors (Lipinski definition) is 0. The van der Waals surface area contributed by atoms with E-state index in [1.165, 1.54) is 0 Å². The van der Waals surface area contributed by atoms with Crippen LogP contribution in [0.25, 0.3) is 0 Å². The summed E-state index contributed by atoms with van der Waals surface area (Å²) in [7, 11) is 1.72. The van der Waals surface area contributed by atoms with Gasteiger partial charge in [-0.15, -0.1) is 0 Å². The lowest BCUT2D eigenvalue weighted by Crippen LogP contribution is -2.51. The molecule has 1 aromatic rings. The first-order valence-electron chi connectivity index (χ1n) is 7.18. The van der Waals surface area contributed by atoms with Crippen LogP contribution in [0.5, 0.6) is 0 Å². The quantitative estimate of drug-likeness (QED) is 0.752. The second kappa shape index (κ2) is 7.40.